The Hall–Kier alpha value is -1.32. The molecule has 1 N–H and O–H groups in total. The topological polar surface area (TPSA) is 55.1 Å². The van der Waals surface area contributed by atoms with Crippen LogP contribution in [0.5, 0.6) is 0 Å². The molecule has 1 aliphatic heterocycles. The van der Waals surface area contributed by atoms with Gasteiger partial charge < -0.3 is 9.67 Å². The average molecular weight is 180 g/mol. The maximum atomic E-state index is 10.5. The number of aryl methyl sites for hydroxylation is 1. The summed E-state index contributed by atoms with van der Waals surface area (Å²) in [6, 6.07) is 0. The SMILES string of the molecule is Cc1ncc2n1CCC2CC(=O)O. The molecule has 4 heteroatoms. The third-order valence-electron chi connectivity index (χ3n) is 2.63. The second kappa shape index (κ2) is 2.87. The normalized spacial score (nSPS) is 20.2. The minimum Gasteiger partial charge on any atom is -0.481 e. The fourth-order valence-electron chi connectivity index (χ4n) is 1.95. The van der Waals surface area contributed by atoms with Crippen LogP contribution in [-0.2, 0) is 11.3 Å². The van der Waals surface area contributed by atoms with Gasteiger partial charge in [0.2, 0.25) is 0 Å². The van der Waals surface area contributed by atoms with Crippen LogP contribution in [0.25, 0.3) is 0 Å². The fourth-order valence-corrected chi connectivity index (χ4v) is 1.95. The molecule has 0 bridgehead atoms. The molecule has 0 amide bonds. The highest BCUT2D eigenvalue weighted by Crippen LogP contribution is 2.31. The van der Waals surface area contributed by atoms with Crippen molar-refractivity contribution in [2.75, 3.05) is 0 Å². The van der Waals surface area contributed by atoms with Gasteiger partial charge in [0.15, 0.2) is 0 Å². The Morgan fingerprint density at radius 1 is 1.85 bits per heavy atom. The van der Waals surface area contributed by atoms with Crippen molar-refractivity contribution in [1.29, 1.82) is 0 Å². The van der Waals surface area contributed by atoms with E-state index in [0.717, 1.165) is 24.5 Å². The molecule has 0 aromatic carbocycles. The molecule has 0 spiro atoms. The van der Waals surface area contributed by atoms with Gasteiger partial charge >= 0.3 is 5.97 Å². The van der Waals surface area contributed by atoms with Gasteiger partial charge in [-0.1, -0.05) is 0 Å². The number of aromatic nitrogens is 2. The maximum Gasteiger partial charge on any atom is 0.304 e. The number of carboxylic acids is 1. The zero-order chi connectivity index (χ0) is 9.42. The Bertz CT molecular complexity index is 343. The Labute approximate surface area is 76.2 Å². The maximum absolute atomic E-state index is 10.5. The monoisotopic (exact) mass is 180 g/mol. The Balaban J connectivity index is 2.23. The number of nitrogens with zero attached hydrogens (tertiary/aromatic N) is 2. The summed E-state index contributed by atoms with van der Waals surface area (Å²) in [5.74, 6) is 0.430. The van der Waals surface area contributed by atoms with E-state index in [1.54, 1.807) is 6.20 Å². The minimum absolute atomic E-state index is 0.165. The molecule has 2 heterocycles. The van der Waals surface area contributed by atoms with E-state index in [1.807, 2.05) is 6.92 Å². The third kappa shape index (κ3) is 1.32. The van der Waals surface area contributed by atoms with E-state index < -0.39 is 5.97 Å². The molecule has 2 rings (SSSR count). The molecule has 0 radical (unpaired) electrons. The molecule has 0 saturated heterocycles. The van der Waals surface area contributed by atoms with Gasteiger partial charge in [0.05, 0.1) is 6.42 Å². The summed E-state index contributed by atoms with van der Waals surface area (Å²) < 4.78 is 2.10. The molecule has 0 fully saturated rings. The smallest absolute Gasteiger partial charge is 0.304 e. The molecule has 0 saturated carbocycles. The molecule has 70 valence electrons. The molecule has 13 heavy (non-hydrogen) atoms. The van der Waals surface area contributed by atoms with E-state index >= 15 is 0 Å². The van der Waals surface area contributed by atoms with E-state index in [1.165, 1.54) is 0 Å². The standard InChI is InChI=1S/C9H12N2O2/c1-6-10-5-8-7(4-9(12)13)2-3-11(6)8/h5,7H,2-4H2,1H3,(H,12,13). The van der Waals surface area contributed by atoms with Crippen molar-refractivity contribution in [1.82, 2.24) is 9.55 Å². The van der Waals surface area contributed by atoms with Crippen molar-refractivity contribution in [3.63, 3.8) is 0 Å². The number of hydrogen-bond acceptors (Lipinski definition) is 2. The van der Waals surface area contributed by atoms with Crippen LogP contribution >= 0.6 is 0 Å². The van der Waals surface area contributed by atoms with Crippen LogP contribution in [0.3, 0.4) is 0 Å². The molecule has 0 aliphatic carbocycles. The lowest BCUT2D eigenvalue weighted by atomic mass is 10.0. The summed E-state index contributed by atoms with van der Waals surface area (Å²) >= 11 is 0. The Kier molecular flexibility index (Phi) is 1.83. The van der Waals surface area contributed by atoms with Crippen molar-refractivity contribution in [2.24, 2.45) is 0 Å². The van der Waals surface area contributed by atoms with Crippen LogP contribution in [0.1, 0.15) is 30.3 Å². The van der Waals surface area contributed by atoms with Crippen molar-refractivity contribution in [3.05, 3.63) is 17.7 Å². The first kappa shape index (κ1) is 8.29. The number of hydrogen-bond donors (Lipinski definition) is 1. The second-order valence-corrected chi connectivity index (χ2v) is 3.47. The Morgan fingerprint density at radius 2 is 2.62 bits per heavy atom. The lowest BCUT2D eigenvalue weighted by Crippen LogP contribution is -2.02. The average Bonchev–Trinajstić information content (AvgIpc) is 2.56. The van der Waals surface area contributed by atoms with E-state index in [0.29, 0.717) is 0 Å². The minimum atomic E-state index is -0.725. The van der Waals surface area contributed by atoms with Crippen molar-refractivity contribution in [2.45, 2.75) is 32.2 Å². The molecule has 1 atom stereocenters. The van der Waals surface area contributed by atoms with Gasteiger partial charge in [0.25, 0.3) is 0 Å². The van der Waals surface area contributed by atoms with Gasteiger partial charge in [-0.2, -0.15) is 0 Å². The first-order chi connectivity index (χ1) is 6.18. The molecular formula is C9H12N2O2. The lowest BCUT2D eigenvalue weighted by molar-refractivity contribution is -0.137. The molecule has 1 unspecified atom stereocenters. The van der Waals surface area contributed by atoms with Gasteiger partial charge in [-0.3, -0.25) is 4.79 Å². The zero-order valence-corrected chi connectivity index (χ0v) is 7.53. The van der Waals surface area contributed by atoms with Crippen LogP contribution in [0.4, 0.5) is 0 Å². The number of carbonyl (C=O) groups is 1. The molecule has 1 aliphatic rings. The van der Waals surface area contributed by atoms with Crippen LogP contribution < -0.4 is 0 Å². The summed E-state index contributed by atoms with van der Waals surface area (Å²) in [5, 5.41) is 8.68. The van der Waals surface area contributed by atoms with Gasteiger partial charge in [-0.15, -0.1) is 0 Å². The van der Waals surface area contributed by atoms with Crippen molar-refractivity contribution in [3.8, 4) is 0 Å². The van der Waals surface area contributed by atoms with E-state index in [2.05, 4.69) is 9.55 Å². The van der Waals surface area contributed by atoms with E-state index in [-0.39, 0.29) is 12.3 Å². The van der Waals surface area contributed by atoms with Gasteiger partial charge in [-0.25, -0.2) is 4.98 Å². The summed E-state index contributed by atoms with van der Waals surface area (Å²) in [4.78, 5) is 14.7. The fraction of sp³-hybridized carbons (Fsp3) is 0.556. The van der Waals surface area contributed by atoms with Crippen LogP contribution in [0, 0.1) is 6.92 Å². The molecule has 4 nitrogen and oxygen atoms in total. The zero-order valence-electron chi connectivity index (χ0n) is 7.53. The van der Waals surface area contributed by atoms with Crippen LogP contribution in [-0.4, -0.2) is 20.6 Å². The third-order valence-corrected chi connectivity index (χ3v) is 2.63. The highest BCUT2D eigenvalue weighted by atomic mass is 16.4. The number of carboxylic acid groups (broad SMARTS) is 1. The first-order valence-electron chi connectivity index (χ1n) is 4.42. The van der Waals surface area contributed by atoms with Gasteiger partial charge in [-0.05, 0) is 13.3 Å². The summed E-state index contributed by atoms with van der Waals surface area (Å²) in [6.45, 7) is 2.87. The van der Waals surface area contributed by atoms with Gasteiger partial charge in [0.1, 0.15) is 5.82 Å². The quantitative estimate of drug-likeness (QED) is 0.742. The van der Waals surface area contributed by atoms with E-state index in [4.69, 9.17) is 5.11 Å². The number of fused-ring (bicyclic) bond motifs is 1. The number of rotatable bonds is 2. The van der Waals surface area contributed by atoms with E-state index in [9.17, 15) is 4.79 Å². The predicted octanol–water partition coefficient (Wildman–Crippen LogP) is 1.15. The molecule has 1 aromatic heterocycles. The molecular weight excluding hydrogens is 168 g/mol. The highest BCUT2D eigenvalue weighted by Gasteiger charge is 2.26. The van der Waals surface area contributed by atoms with Crippen LogP contribution in [0.2, 0.25) is 0 Å². The van der Waals surface area contributed by atoms with Crippen molar-refractivity contribution >= 4 is 5.97 Å². The summed E-state index contributed by atoms with van der Waals surface area (Å²) in [7, 11) is 0. The highest BCUT2D eigenvalue weighted by molar-refractivity contribution is 5.68. The Morgan fingerprint density at radius 3 is 3.31 bits per heavy atom. The lowest BCUT2D eigenvalue weighted by Gasteiger charge is -2.03. The summed E-state index contributed by atoms with van der Waals surface area (Å²) in [6.07, 6.45) is 2.96. The summed E-state index contributed by atoms with van der Waals surface area (Å²) in [5.41, 5.74) is 1.08. The predicted molar refractivity (Wildman–Crippen MR) is 46.6 cm³/mol. The second-order valence-electron chi connectivity index (χ2n) is 3.47. The first-order valence-corrected chi connectivity index (χ1v) is 4.42. The van der Waals surface area contributed by atoms with Crippen LogP contribution in [0.15, 0.2) is 6.20 Å². The van der Waals surface area contributed by atoms with Gasteiger partial charge in [0, 0.05) is 24.4 Å². The largest absolute Gasteiger partial charge is 0.481 e. The number of imidazole rings is 1. The number of aliphatic carboxylic acids is 1. The van der Waals surface area contributed by atoms with Crippen molar-refractivity contribution < 1.29 is 9.90 Å². The molecule has 1 aromatic rings.